The fraction of sp³-hybridized carbons (Fsp3) is 0.750. The monoisotopic (exact) mass is 211 g/mol. The predicted molar refractivity (Wildman–Crippen MR) is 45.3 cm³/mol. The topological polar surface area (TPSA) is 78.9 Å². The second-order valence-electron chi connectivity index (χ2n) is 2.96. The summed E-state index contributed by atoms with van der Waals surface area (Å²) >= 11 is 0. The third-order valence-corrected chi connectivity index (χ3v) is 1.82. The molecule has 2 unspecified atom stereocenters. The van der Waals surface area contributed by atoms with Crippen molar-refractivity contribution >= 4 is 11.9 Å². The van der Waals surface area contributed by atoms with E-state index in [9.17, 15) is 9.59 Å². The molecule has 14 heavy (non-hydrogen) atoms. The Balaban J connectivity index is 0. The van der Waals surface area contributed by atoms with Crippen LogP contribution in [0.2, 0.25) is 0 Å². The van der Waals surface area contributed by atoms with Crippen LogP contribution in [-0.4, -0.2) is 35.7 Å². The van der Waals surface area contributed by atoms with Gasteiger partial charge in [-0.15, -0.1) is 0 Å². The third-order valence-electron chi connectivity index (χ3n) is 1.82. The molecule has 2 atom stereocenters. The third kappa shape index (κ3) is 3.96. The van der Waals surface area contributed by atoms with Gasteiger partial charge in [-0.3, -0.25) is 4.79 Å². The minimum atomic E-state index is -1.07. The molecule has 0 aromatic heterocycles. The Kier molecular flexibility index (Phi) is 6.35. The van der Waals surface area contributed by atoms with Crippen LogP contribution >= 0.6 is 0 Å². The van der Waals surface area contributed by atoms with Gasteiger partial charge in [0.2, 0.25) is 0 Å². The minimum absolute atomic E-state index is 0. The van der Waals surface area contributed by atoms with Crippen molar-refractivity contribution in [3.05, 3.63) is 0 Å². The maximum Gasteiger partial charge on any atom is 1.00 e. The molecule has 0 spiro atoms. The van der Waals surface area contributed by atoms with E-state index in [-0.39, 0.29) is 36.9 Å². The molecule has 0 bridgehead atoms. The molecule has 1 heterocycles. The molecular formula is C8H14NNaO4. The van der Waals surface area contributed by atoms with Crippen molar-refractivity contribution in [2.75, 3.05) is 6.54 Å². The van der Waals surface area contributed by atoms with Crippen molar-refractivity contribution in [1.29, 1.82) is 0 Å². The van der Waals surface area contributed by atoms with Gasteiger partial charge in [0.15, 0.2) is 12.2 Å². The van der Waals surface area contributed by atoms with Gasteiger partial charge < -0.3 is 16.6 Å². The number of hydrogen-bond acceptors (Lipinski definition) is 3. The summed E-state index contributed by atoms with van der Waals surface area (Å²) in [5.41, 5.74) is 0. The van der Waals surface area contributed by atoms with Gasteiger partial charge in [-0.1, -0.05) is 13.3 Å². The van der Waals surface area contributed by atoms with E-state index in [0.29, 0.717) is 6.54 Å². The summed E-state index contributed by atoms with van der Waals surface area (Å²) in [5, 5.41) is 11.0. The van der Waals surface area contributed by atoms with E-state index in [1.807, 2.05) is 6.92 Å². The first kappa shape index (κ1) is 13.9. The minimum Gasteiger partial charge on any atom is -1.00 e. The quantitative estimate of drug-likeness (QED) is 0.286. The van der Waals surface area contributed by atoms with Crippen LogP contribution in [0.5, 0.6) is 0 Å². The van der Waals surface area contributed by atoms with Crippen LogP contribution in [0.1, 0.15) is 21.2 Å². The van der Waals surface area contributed by atoms with Crippen molar-refractivity contribution in [3.63, 3.8) is 0 Å². The Labute approximate surface area is 106 Å². The fourth-order valence-electron chi connectivity index (χ4n) is 0.989. The number of carboxylic acid groups (broad SMARTS) is 1. The van der Waals surface area contributed by atoms with Gasteiger partial charge in [-0.05, 0) is 6.42 Å². The molecular weight excluding hydrogens is 197 g/mol. The van der Waals surface area contributed by atoms with E-state index in [2.05, 4.69) is 10.1 Å². The molecule has 1 rings (SSSR count). The molecule has 1 aliphatic heterocycles. The van der Waals surface area contributed by atoms with Gasteiger partial charge >= 0.3 is 35.5 Å². The Morgan fingerprint density at radius 1 is 1.50 bits per heavy atom. The summed E-state index contributed by atoms with van der Waals surface area (Å²) in [5.74, 6) is -1.39. The maximum absolute atomic E-state index is 11.1. The fourth-order valence-corrected chi connectivity index (χ4v) is 0.989. The summed E-state index contributed by atoms with van der Waals surface area (Å²) in [6.45, 7) is 2.60. The Morgan fingerprint density at radius 2 is 2.14 bits per heavy atom. The molecule has 0 aromatic rings. The molecule has 5 nitrogen and oxygen atoms in total. The molecule has 0 aromatic carbocycles. The number of rotatable bonds is 5. The molecule has 1 saturated heterocycles. The normalized spacial score (nSPS) is 23.5. The summed E-state index contributed by atoms with van der Waals surface area (Å²) in [4.78, 5) is 21.4. The zero-order valence-electron chi connectivity index (χ0n) is 9.45. The second kappa shape index (κ2) is 6.40. The Hall–Kier alpha value is -0.100. The number of ether oxygens (including phenoxy) is 1. The first-order valence-electron chi connectivity index (χ1n) is 4.32. The molecule has 1 aliphatic rings. The average Bonchev–Trinajstić information content (AvgIpc) is 2.83. The van der Waals surface area contributed by atoms with Crippen LogP contribution in [-0.2, 0) is 14.3 Å². The van der Waals surface area contributed by atoms with E-state index >= 15 is 0 Å². The summed E-state index contributed by atoms with van der Waals surface area (Å²) < 4.78 is 4.66. The van der Waals surface area contributed by atoms with Gasteiger partial charge in [0, 0.05) is 6.54 Å². The number of amides is 1. The van der Waals surface area contributed by atoms with Crippen molar-refractivity contribution in [2.45, 2.75) is 32.0 Å². The Bertz CT molecular complexity index is 227. The van der Waals surface area contributed by atoms with Crippen molar-refractivity contribution in [2.24, 2.45) is 0 Å². The molecule has 0 radical (unpaired) electrons. The van der Waals surface area contributed by atoms with Crippen molar-refractivity contribution in [3.8, 4) is 0 Å². The van der Waals surface area contributed by atoms with Gasteiger partial charge in [-0.25, -0.2) is 4.79 Å². The summed E-state index contributed by atoms with van der Waals surface area (Å²) in [7, 11) is 0. The second-order valence-corrected chi connectivity index (χ2v) is 2.96. The van der Waals surface area contributed by atoms with Gasteiger partial charge in [0.25, 0.3) is 5.91 Å². The number of epoxide rings is 1. The van der Waals surface area contributed by atoms with Gasteiger partial charge in [-0.2, -0.15) is 0 Å². The van der Waals surface area contributed by atoms with E-state index in [0.717, 1.165) is 12.8 Å². The van der Waals surface area contributed by atoms with Crippen LogP contribution in [0.4, 0.5) is 0 Å². The SMILES string of the molecule is CCCCNC(=O)C1OC1C(=O)O.[H-].[Na+]. The van der Waals surface area contributed by atoms with E-state index < -0.39 is 18.2 Å². The number of aliphatic carboxylic acids is 1. The number of carboxylic acids is 1. The molecule has 76 valence electrons. The summed E-state index contributed by atoms with van der Waals surface area (Å²) in [6.07, 6.45) is 0.195. The average molecular weight is 211 g/mol. The first-order valence-corrected chi connectivity index (χ1v) is 4.32. The molecule has 2 N–H and O–H groups in total. The molecule has 1 amide bonds. The number of unbranched alkanes of at least 4 members (excludes halogenated alkanes) is 1. The Morgan fingerprint density at radius 3 is 2.57 bits per heavy atom. The van der Waals surface area contributed by atoms with Gasteiger partial charge in [0.1, 0.15) is 0 Å². The zero-order valence-corrected chi connectivity index (χ0v) is 10.4. The van der Waals surface area contributed by atoms with Crippen molar-refractivity contribution in [1.82, 2.24) is 5.32 Å². The first-order chi connectivity index (χ1) is 6.16. The van der Waals surface area contributed by atoms with Gasteiger partial charge in [0.05, 0.1) is 0 Å². The molecule has 1 fully saturated rings. The van der Waals surface area contributed by atoms with E-state index in [4.69, 9.17) is 5.11 Å². The van der Waals surface area contributed by atoms with Crippen molar-refractivity contribution < 1.29 is 50.4 Å². The largest absolute Gasteiger partial charge is 1.00 e. The van der Waals surface area contributed by atoms with E-state index in [1.54, 1.807) is 0 Å². The maximum atomic E-state index is 11.1. The number of carbonyl (C=O) groups is 2. The zero-order chi connectivity index (χ0) is 9.84. The number of nitrogens with one attached hydrogen (secondary N) is 1. The number of hydrogen-bond donors (Lipinski definition) is 2. The predicted octanol–water partition coefficient (Wildman–Crippen LogP) is -3.13. The molecule has 0 aliphatic carbocycles. The van der Waals surface area contributed by atoms with Crippen LogP contribution in [0, 0.1) is 0 Å². The smallest absolute Gasteiger partial charge is 1.00 e. The van der Waals surface area contributed by atoms with Crippen LogP contribution in [0.3, 0.4) is 0 Å². The van der Waals surface area contributed by atoms with Crippen LogP contribution in [0.15, 0.2) is 0 Å². The summed E-state index contributed by atoms with van der Waals surface area (Å²) in [6, 6.07) is 0. The standard InChI is InChI=1S/C8H13NO4.Na.H/c1-2-3-4-9-7(10)5-6(13-5)8(11)12;;/h5-6H,2-4H2,1H3,(H,9,10)(H,11,12);;/q;+1;-1. The number of carbonyl (C=O) groups excluding carboxylic acids is 1. The van der Waals surface area contributed by atoms with Crippen LogP contribution in [0.25, 0.3) is 0 Å². The van der Waals surface area contributed by atoms with Crippen LogP contribution < -0.4 is 34.9 Å². The van der Waals surface area contributed by atoms with E-state index in [1.165, 1.54) is 0 Å². The molecule has 0 saturated carbocycles. The molecule has 6 heteroatoms.